The third-order valence-corrected chi connectivity index (χ3v) is 3.66. The zero-order chi connectivity index (χ0) is 16.3. The maximum Gasteiger partial charge on any atom is 0.270 e. The summed E-state index contributed by atoms with van der Waals surface area (Å²) in [6.45, 7) is 4.36. The van der Waals surface area contributed by atoms with Crippen LogP contribution in [0.5, 0.6) is 0 Å². The Balaban J connectivity index is 2.11. The van der Waals surface area contributed by atoms with Crippen LogP contribution >= 0.6 is 11.6 Å². The molecule has 0 aliphatic carbocycles. The molecule has 22 heavy (non-hydrogen) atoms. The van der Waals surface area contributed by atoms with Gasteiger partial charge in [0.2, 0.25) is 0 Å². The number of carbonyl (C=O) groups excluding carboxylic acids is 1. The summed E-state index contributed by atoms with van der Waals surface area (Å²) in [7, 11) is 0. The molecule has 0 spiro atoms. The lowest BCUT2D eigenvalue weighted by Gasteiger charge is -2.09. The van der Waals surface area contributed by atoms with Crippen molar-refractivity contribution in [3.63, 3.8) is 0 Å². The van der Waals surface area contributed by atoms with Gasteiger partial charge in [0.05, 0.1) is 15.5 Å². The van der Waals surface area contributed by atoms with Gasteiger partial charge in [0, 0.05) is 18.7 Å². The van der Waals surface area contributed by atoms with Crippen LogP contribution < -0.4 is 5.32 Å². The van der Waals surface area contributed by atoms with Crippen LogP contribution in [0.15, 0.2) is 36.4 Å². The van der Waals surface area contributed by atoms with E-state index in [0.29, 0.717) is 6.54 Å². The number of nitro benzene ring substituents is 1. The van der Waals surface area contributed by atoms with Crippen molar-refractivity contribution < 1.29 is 9.72 Å². The van der Waals surface area contributed by atoms with Gasteiger partial charge in [-0.05, 0) is 31.0 Å². The number of aryl methyl sites for hydroxylation is 2. The number of non-ortho nitro benzene ring substituents is 1. The van der Waals surface area contributed by atoms with Crippen LogP contribution in [0.1, 0.15) is 27.0 Å². The maximum absolute atomic E-state index is 12.1. The van der Waals surface area contributed by atoms with Crippen molar-refractivity contribution >= 4 is 23.2 Å². The molecule has 6 heteroatoms. The van der Waals surface area contributed by atoms with Gasteiger partial charge in [-0.1, -0.05) is 35.4 Å². The van der Waals surface area contributed by atoms with Gasteiger partial charge >= 0.3 is 0 Å². The summed E-state index contributed by atoms with van der Waals surface area (Å²) in [6.07, 6.45) is 0. The number of carbonyl (C=O) groups is 1. The quantitative estimate of drug-likeness (QED) is 0.688. The van der Waals surface area contributed by atoms with Gasteiger partial charge in [-0.2, -0.15) is 0 Å². The first kappa shape index (κ1) is 16.0. The van der Waals surface area contributed by atoms with Crippen molar-refractivity contribution in [1.82, 2.24) is 5.32 Å². The Bertz CT molecular complexity index is 744. The molecule has 0 saturated heterocycles. The zero-order valence-corrected chi connectivity index (χ0v) is 13.0. The van der Waals surface area contributed by atoms with E-state index in [4.69, 9.17) is 11.6 Å². The minimum absolute atomic E-state index is 0.0623. The Labute approximate surface area is 133 Å². The summed E-state index contributed by atoms with van der Waals surface area (Å²) >= 11 is 5.94. The molecule has 0 fully saturated rings. The van der Waals surface area contributed by atoms with E-state index < -0.39 is 4.92 Å². The Morgan fingerprint density at radius 1 is 1.23 bits per heavy atom. The predicted molar refractivity (Wildman–Crippen MR) is 85.2 cm³/mol. The molecule has 2 rings (SSSR count). The third kappa shape index (κ3) is 3.62. The average molecular weight is 319 g/mol. The van der Waals surface area contributed by atoms with Crippen LogP contribution in [0.25, 0.3) is 0 Å². The number of nitro groups is 1. The van der Waals surface area contributed by atoms with E-state index in [9.17, 15) is 14.9 Å². The maximum atomic E-state index is 12.1. The first-order valence-corrected chi connectivity index (χ1v) is 7.04. The normalized spacial score (nSPS) is 10.3. The Hall–Kier alpha value is -2.40. The summed E-state index contributed by atoms with van der Waals surface area (Å²) in [5.41, 5.74) is 3.34. The van der Waals surface area contributed by atoms with E-state index in [1.807, 2.05) is 32.0 Å². The largest absolute Gasteiger partial charge is 0.348 e. The SMILES string of the molecule is Cc1ccc(CNC(=O)c2ccc([N+](=O)[O-])cc2Cl)c(C)c1. The molecule has 0 heterocycles. The van der Waals surface area contributed by atoms with E-state index in [0.717, 1.165) is 16.7 Å². The monoisotopic (exact) mass is 318 g/mol. The number of amides is 1. The highest BCUT2D eigenvalue weighted by Crippen LogP contribution is 2.22. The summed E-state index contributed by atoms with van der Waals surface area (Å²) in [4.78, 5) is 22.2. The molecule has 2 aromatic rings. The van der Waals surface area contributed by atoms with E-state index in [1.165, 1.54) is 18.2 Å². The number of nitrogens with one attached hydrogen (secondary N) is 1. The molecule has 0 radical (unpaired) electrons. The van der Waals surface area contributed by atoms with Crippen LogP contribution in [-0.4, -0.2) is 10.8 Å². The fraction of sp³-hybridized carbons (Fsp3) is 0.188. The molecular weight excluding hydrogens is 304 g/mol. The Morgan fingerprint density at radius 2 is 1.95 bits per heavy atom. The summed E-state index contributed by atoms with van der Waals surface area (Å²) in [5, 5.41) is 13.5. The molecule has 1 N–H and O–H groups in total. The van der Waals surface area contributed by atoms with Crippen LogP contribution in [0.2, 0.25) is 5.02 Å². The molecule has 0 unspecified atom stereocenters. The van der Waals surface area contributed by atoms with Crippen molar-refractivity contribution in [1.29, 1.82) is 0 Å². The highest BCUT2D eigenvalue weighted by atomic mass is 35.5. The van der Waals surface area contributed by atoms with E-state index in [1.54, 1.807) is 0 Å². The minimum atomic E-state index is -0.552. The smallest absolute Gasteiger partial charge is 0.270 e. The van der Waals surface area contributed by atoms with Crippen molar-refractivity contribution in [3.05, 3.63) is 73.8 Å². The van der Waals surface area contributed by atoms with E-state index in [-0.39, 0.29) is 22.2 Å². The van der Waals surface area contributed by atoms with Crippen molar-refractivity contribution in [2.75, 3.05) is 0 Å². The molecule has 0 aliphatic heterocycles. The molecule has 0 aliphatic rings. The molecule has 5 nitrogen and oxygen atoms in total. The van der Waals surface area contributed by atoms with Crippen molar-refractivity contribution in [2.45, 2.75) is 20.4 Å². The molecule has 114 valence electrons. The lowest BCUT2D eigenvalue weighted by atomic mass is 10.1. The first-order valence-electron chi connectivity index (χ1n) is 6.67. The highest BCUT2D eigenvalue weighted by molar-refractivity contribution is 6.34. The summed E-state index contributed by atoms with van der Waals surface area (Å²) in [6, 6.07) is 9.78. The predicted octanol–water partition coefficient (Wildman–Crippen LogP) is 3.80. The van der Waals surface area contributed by atoms with E-state index >= 15 is 0 Å². The fourth-order valence-electron chi connectivity index (χ4n) is 2.12. The van der Waals surface area contributed by atoms with Gasteiger partial charge in [0.1, 0.15) is 0 Å². The second-order valence-electron chi connectivity index (χ2n) is 5.03. The van der Waals surface area contributed by atoms with Gasteiger partial charge in [0.25, 0.3) is 11.6 Å². The second-order valence-corrected chi connectivity index (χ2v) is 5.44. The Kier molecular flexibility index (Phi) is 4.78. The number of halogens is 1. The summed E-state index contributed by atoms with van der Waals surface area (Å²) < 4.78 is 0. The number of nitrogens with zero attached hydrogens (tertiary/aromatic N) is 1. The third-order valence-electron chi connectivity index (χ3n) is 3.35. The fourth-order valence-corrected chi connectivity index (χ4v) is 2.38. The van der Waals surface area contributed by atoms with Gasteiger partial charge in [-0.25, -0.2) is 0 Å². The van der Waals surface area contributed by atoms with Crippen LogP contribution in [0.3, 0.4) is 0 Å². The molecule has 0 bridgehead atoms. The zero-order valence-electron chi connectivity index (χ0n) is 12.2. The lowest BCUT2D eigenvalue weighted by Crippen LogP contribution is -2.23. The Morgan fingerprint density at radius 3 is 2.55 bits per heavy atom. The average Bonchev–Trinajstić information content (AvgIpc) is 2.45. The van der Waals surface area contributed by atoms with Crippen molar-refractivity contribution in [2.24, 2.45) is 0 Å². The van der Waals surface area contributed by atoms with Gasteiger partial charge in [-0.3, -0.25) is 14.9 Å². The molecule has 2 aromatic carbocycles. The highest BCUT2D eigenvalue weighted by Gasteiger charge is 2.14. The van der Waals surface area contributed by atoms with Crippen LogP contribution in [0.4, 0.5) is 5.69 Å². The summed E-state index contributed by atoms with van der Waals surface area (Å²) in [5.74, 6) is -0.361. The van der Waals surface area contributed by atoms with Crippen LogP contribution in [0, 0.1) is 24.0 Å². The van der Waals surface area contributed by atoms with Crippen molar-refractivity contribution in [3.8, 4) is 0 Å². The second kappa shape index (κ2) is 6.58. The molecule has 1 amide bonds. The minimum Gasteiger partial charge on any atom is -0.348 e. The molecular formula is C16H15ClN2O3. The number of hydrogen-bond acceptors (Lipinski definition) is 3. The molecule has 0 saturated carbocycles. The van der Waals surface area contributed by atoms with E-state index in [2.05, 4.69) is 5.32 Å². The number of hydrogen-bond donors (Lipinski definition) is 1. The van der Waals surface area contributed by atoms with Gasteiger partial charge in [-0.15, -0.1) is 0 Å². The first-order chi connectivity index (χ1) is 10.4. The number of rotatable bonds is 4. The lowest BCUT2D eigenvalue weighted by molar-refractivity contribution is -0.384. The molecule has 0 atom stereocenters. The molecule has 0 aromatic heterocycles. The van der Waals surface area contributed by atoms with Gasteiger partial charge in [0.15, 0.2) is 0 Å². The van der Waals surface area contributed by atoms with Crippen LogP contribution in [-0.2, 0) is 6.54 Å². The number of benzene rings is 2. The topological polar surface area (TPSA) is 72.2 Å². The standard InChI is InChI=1S/C16H15ClN2O3/c1-10-3-4-12(11(2)7-10)9-18-16(20)14-6-5-13(19(21)22)8-15(14)17/h3-8H,9H2,1-2H3,(H,18,20). The van der Waals surface area contributed by atoms with Gasteiger partial charge < -0.3 is 5.32 Å².